The van der Waals surface area contributed by atoms with Crippen molar-refractivity contribution in [2.75, 3.05) is 0 Å². The predicted molar refractivity (Wildman–Crippen MR) is 213 cm³/mol. The van der Waals surface area contributed by atoms with Crippen LogP contribution in [-0.4, -0.2) is 3.21 Å². The molecule has 0 spiro atoms. The zero-order chi connectivity index (χ0) is 35.4. The monoisotopic (exact) mass is 730 g/mol. The van der Waals surface area contributed by atoms with Gasteiger partial charge in [0.05, 0.1) is 0 Å². The SMILES string of the molecule is CC(C)(C)c1ccc([C](c2ccc(C(C)(C)C)cc2)=[Zr]([C]2=CC=CC2)[CH]2c3cc4c(cc3-c3cc5c(cc32)C(C)(C)C=C5)C=CC4(C)C)cc1. The third-order valence-electron chi connectivity index (χ3n) is 11.9. The van der Waals surface area contributed by atoms with Crippen molar-refractivity contribution in [2.24, 2.45) is 0 Å². The molecule has 0 N–H and O–H groups in total. The van der Waals surface area contributed by atoms with Gasteiger partial charge in [-0.1, -0.05) is 0 Å². The van der Waals surface area contributed by atoms with Crippen LogP contribution in [0.2, 0.25) is 0 Å². The number of allylic oxidation sites excluding steroid dienone is 6. The summed E-state index contributed by atoms with van der Waals surface area (Å²) in [5, 5.41) is 0. The molecule has 0 aromatic heterocycles. The number of hydrogen-bond donors (Lipinski definition) is 0. The van der Waals surface area contributed by atoms with Crippen LogP contribution in [-0.2, 0) is 42.9 Å². The summed E-state index contributed by atoms with van der Waals surface area (Å²) in [5.74, 6) is 0. The van der Waals surface area contributed by atoms with Crippen molar-refractivity contribution in [1.29, 1.82) is 0 Å². The van der Waals surface area contributed by atoms with E-state index in [1.165, 1.54) is 55.6 Å². The predicted octanol–water partition coefficient (Wildman–Crippen LogP) is 12.7. The van der Waals surface area contributed by atoms with E-state index in [2.05, 4.69) is 185 Å². The van der Waals surface area contributed by atoms with Crippen molar-refractivity contribution in [3.63, 3.8) is 0 Å². The zero-order valence-electron chi connectivity index (χ0n) is 31.8. The van der Waals surface area contributed by atoms with Crippen molar-refractivity contribution in [3.8, 4) is 11.1 Å². The van der Waals surface area contributed by atoms with Crippen LogP contribution in [0.4, 0.5) is 0 Å². The molecular formula is C49H52Zr. The molecule has 4 aliphatic rings. The van der Waals surface area contributed by atoms with Gasteiger partial charge in [0.25, 0.3) is 0 Å². The molecule has 0 saturated heterocycles. The first kappa shape index (κ1) is 33.7. The zero-order valence-corrected chi connectivity index (χ0v) is 34.2. The quantitative estimate of drug-likeness (QED) is 0.196. The Morgan fingerprint density at radius 3 is 1.44 bits per heavy atom. The summed E-state index contributed by atoms with van der Waals surface area (Å²) in [6.07, 6.45) is 17.9. The van der Waals surface area contributed by atoms with E-state index in [0.717, 1.165) is 6.42 Å². The average Bonchev–Trinajstić information content (AvgIpc) is 3.83. The number of hydrogen-bond acceptors (Lipinski definition) is 0. The molecule has 0 fully saturated rings. The minimum absolute atomic E-state index is 0.0337. The van der Waals surface area contributed by atoms with Crippen LogP contribution >= 0.6 is 0 Å². The van der Waals surface area contributed by atoms with Gasteiger partial charge in [-0.3, -0.25) is 0 Å². The average molecular weight is 732 g/mol. The van der Waals surface area contributed by atoms with E-state index in [-0.39, 0.29) is 21.7 Å². The molecule has 0 bridgehead atoms. The van der Waals surface area contributed by atoms with Gasteiger partial charge in [-0.15, -0.1) is 0 Å². The molecule has 4 aromatic rings. The molecule has 0 unspecified atom stereocenters. The molecule has 4 aliphatic carbocycles. The summed E-state index contributed by atoms with van der Waals surface area (Å²) >= 11 is -2.85. The molecule has 0 atom stereocenters. The van der Waals surface area contributed by atoms with Gasteiger partial charge >= 0.3 is 311 Å². The molecule has 0 saturated carbocycles. The second kappa shape index (κ2) is 11.6. The van der Waals surface area contributed by atoms with Crippen LogP contribution in [0.15, 0.2) is 106 Å². The molecule has 0 heterocycles. The summed E-state index contributed by atoms with van der Waals surface area (Å²) in [7, 11) is 0. The molecule has 50 heavy (non-hydrogen) atoms. The van der Waals surface area contributed by atoms with Gasteiger partial charge in [-0.25, -0.2) is 0 Å². The number of fused-ring (bicyclic) bond motifs is 5. The minimum atomic E-state index is -2.85. The molecule has 0 amide bonds. The first-order chi connectivity index (χ1) is 23.5. The van der Waals surface area contributed by atoms with Crippen LogP contribution in [0.1, 0.15) is 135 Å². The molecule has 8 rings (SSSR count). The van der Waals surface area contributed by atoms with Crippen LogP contribution in [0.3, 0.4) is 0 Å². The van der Waals surface area contributed by atoms with Crippen LogP contribution < -0.4 is 0 Å². The maximum atomic E-state index is 2.65. The van der Waals surface area contributed by atoms with E-state index in [1.54, 1.807) is 17.6 Å². The Balaban J connectivity index is 1.47. The fourth-order valence-electron chi connectivity index (χ4n) is 8.75. The van der Waals surface area contributed by atoms with Gasteiger partial charge in [0.15, 0.2) is 0 Å². The molecule has 0 aliphatic heterocycles. The van der Waals surface area contributed by atoms with Gasteiger partial charge in [-0.2, -0.15) is 0 Å². The van der Waals surface area contributed by atoms with Gasteiger partial charge in [0.1, 0.15) is 0 Å². The maximum absolute atomic E-state index is 2.85. The Hall–Kier alpha value is -3.41. The summed E-state index contributed by atoms with van der Waals surface area (Å²) < 4.78 is 3.71. The molecule has 1 heteroatoms. The summed E-state index contributed by atoms with van der Waals surface area (Å²) in [6, 6.07) is 29.8. The third kappa shape index (κ3) is 5.55. The number of benzene rings is 4. The Bertz CT molecular complexity index is 2070. The van der Waals surface area contributed by atoms with E-state index in [9.17, 15) is 0 Å². The topological polar surface area (TPSA) is 0 Å². The van der Waals surface area contributed by atoms with Crippen LogP contribution in [0.25, 0.3) is 23.3 Å². The van der Waals surface area contributed by atoms with Crippen LogP contribution in [0, 0.1) is 0 Å². The van der Waals surface area contributed by atoms with Crippen molar-refractivity contribution in [3.05, 3.63) is 162 Å². The van der Waals surface area contributed by atoms with E-state index in [0.29, 0.717) is 3.63 Å². The Morgan fingerprint density at radius 2 is 1.06 bits per heavy atom. The molecule has 0 nitrogen and oxygen atoms in total. The third-order valence-corrected chi connectivity index (χ3v) is 20.2. The normalized spacial score (nSPS) is 17.8. The van der Waals surface area contributed by atoms with Gasteiger partial charge in [-0.05, 0) is 0 Å². The standard InChI is InChI=1S/C23H21.C21H26.C5H5.Zr/c1-22(2)7-5-14-10-18-16(12-20(14)22)9-17-13-21-15(11-19(17)18)6-8-23(21,3)4;1-20(2,3)18-11-7-16(8-12-18)15-17-9-13-19(14-10-17)21(4,5)6;1-2-4-5-3-1;/h5-13H,1-4H3;7-14H,1-6H3;1-3H,4H2;. The summed E-state index contributed by atoms with van der Waals surface area (Å²) in [6.45, 7) is 23.5. The van der Waals surface area contributed by atoms with Crippen molar-refractivity contribution in [1.82, 2.24) is 0 Å². The van der Waals surface area contributed by atoms with E-state index in [1.807, 2.05) is 0 Å². The summed E-state index contributed by atoms with van der Waals surface area (Å²) in [5.41, 5.74) is 17.7. The van der Waals surface area contributed by atoms with E-state index >= 15 is 0 Å². The first-order valence-corrected chi connectivity index (χ1v) is 22.5. The molecular weight excluding hydrogens is 680 g/mol. The molecule has 0 radical (unpaired) electrons. The summed E-state index contributed by atoms with van der Waals surface area (Å²) in [4.78, 5) is 0. The fraction of sp³-hybridized carbons (Fsp3) is 0.327. The van der Waals surface area contributed by atoms with E-state index in [4.69, 9.17) is 0 Å². The van der Waals surface area contributed by atoms with Crippen molar-refractivity contribution in [2.45, 2.75) is 101 Å². The van der Waals surface area contributed by atoms with Crippen LogP contribution in [0.5, 0.6) is 0 Å². The molecule has 252 valence electrons. The Morgan fingerprint density at radius 1 is 0.620 bits per heavy atom. The number of rotatable bonds is 4. The first-order valence-electron chi connectivity index (χ1n) is 18.6. The van der Waals surface area contributed by atoms with Crippen molar-refractivity contribution >= 4 is 15.4 Å². The Labute approximate surface area is 308 Å². The van der Waals surface area contributed by atoms with Gasteiger partial charge < -0.3 is 0 Å². The molecule has 4 aromatic carbocycles. The van der Waals surface area contributed by atoms with E-state index < -0.39 is 21.3 Å². The Kier molecular flexibility index (Phi) is 7.79. The fourth-order valence-corrected chi connectivity index (χ4v) is 17.7. The second-order valence-electron chi connectivity index (χ2n) is 18.4. The van der Waals surface area contributed by atoms with Gasteiger partial charge in [0, 0.05) is 0 Å². The second-order valence-corrected chi connectivity index (χ2v) is 24.6. The van der Waals surface area contributed by atoms with Gasteiger partial charge in [0.2, 0.25) is 0 Å². The van der Waals surface area contributed by atoms with Crippen molar-refractivity contribution < 1.29 is 21.3 Å².